The highest BCUT2D eigenvalue weighted by Gasteiger charge is 2.49. The van der Waals surface area contributed by atoms with Gasteiger partial charge in [0.05, 0.1) is 22.3 Å². The third-order valence-electron chi connectivity index (χ3n) is 5.76. The molecule has 8 heteroatoms. The highest BCUT2D eigenvalue weighted by atomic mass is 32.2. The molecule has 29 heavy (non-hydrogen) atoms. The Bertz CT molecular complexity index is 1110. The van der Waals surface area contributed by atoms with Crippen LogP contribution in [0.4, 0.5) is 5.69 Å². The van der Waals surface area contributed by atoms with E-state index in [4.69, 9.17) is 0 Å². The molecule has 0 radical (unpaired) electrons. The number of nitro groups is 1. The number of carbonyl (C=O) groups excluding carboxylic acids is 1. The lowest BCUT2D eigenvalue weighted by Gasteiger charge is -2.30. The lowest BCUT2D eigenvalue weighted by Crippen LogP contribution is -2.33. The number of fused-ring (bicyclic) bond motifs is 2. The average Bonchev–Trinajstić information content (AvgIpc) is 3.19. The van der Waals surface area contributed by atoms with Crippen LogP contribution >= 0.6 is 0 Å². The van der Waals surface area contributed by atoms with Gasteiger partial charge in [0.25, 0.3) is 15.7 Å². The largest absolute Gasteiger partial charge is 0.298 e. The van der Waals surface area contributed by atoms with Gasteiger partial charge in [0.2, 0.25) is 0 Å². The van der Waals surface area contributed by atoms with E-state index in [1.165, 1.54) is 28.6 Å². The first-order valence-corrected chi connectivity index (χ1v) is 10.8. The summed E-state index contributed by atoms with van der Waals surface area (Å²) in [5.74, 6) is -0.522. The zero-order valence-electron chi connectivity index (χ0n) is 15.8. The molecule has 0 unspecified atom stereocenters. The summed E-state index contributed by atoms with van der Waals surface area (Å²) in [7, 11) is -4.00. The molecule has 0 spiro atoms. The van der Waals surface area contributed by atoms with Gasteiger partial charge < -0.3 is 0 Å². The van der Waals surface area contributed by atoms with Gasteiger partial charge in [-0.1, -0.05) is 30.3 Å². The molecule has 2 atom stereocenters. The number of nitro benzene ring substituents is 1. The first-order chi connectivity index (χ1) is 13.8. The van der Waals surface area contributed by atoms with Crippen molar-refractivity contribution in [2.45, 2.75) is 31.2 Å². The normalized spacial score (nSPS) is 20.9. The summed E-state index contributed by atoms with van der Waals surface area (Å²) >= 11 is 0. The maximum atomic E-state index is 13.5. The van der Waals surface area contributed by atoms with Gasteiger partial charge in [-0.15, -0.1) is 0 Å². The van der Waals surface area contributed by atoms with E-state index in [-0.39, 0.29) is 28.8 Å². The van der Waals surface area contributed by atoms with Gasteiger partial charge >= 0.3 is 0 Å². The number of rotatable bonds is 6. The van der Waals surface area contributed by atoms with E-state index in [1.807, 2.05) is 37.3 Å². The fourth-order valence-corrected chi connectivity index (χ4v) is 5.89. The van der Waals surface area contributed by atoms with Crippen LogP contribution in [0.15, 0.2) is 70.8 Å². The van der Waals surface area contributed by atoms with Crippen LogP contribution in [0.3, 0.4) is 0 Å². The predicted molar refractivity (Wildman–Crippen MR) is 106 cm³/mol. The first kappa shape index (κ1) is 19.3. The number of carbonyl (C=O) groups is 1. The molecule has 0 saturated heterocycles. The summed E-state index contributed by atoms with van der Waals surface area (Å²) in [6, 6.07) is 14.0. The van der Waals surface area contributed by atoms with E-state index in [9.17, 15) is 23.3 Å². The van der Waals surface area contributed by atoms with Crippen LogP contribution in [0.25, 0.3) is 0 Å². The van der Waals surface area contributed by atoms with Crippen molar-refractivity contribution in [2.75, 3.05) is 0 Å². The van der Waals surface area contributed by atoms with Gasteiger partial charge in [-0.2, -0.15) is 0 Å². The maximum absolute atomic E-state index is 13.5. The van der Waals surface area contributed by atoms with Crippen LogP contribution < -0.4 is 0 Å². The Morgan fingerprint density at radius 1 is 1.03 bits per heavy atom. The fraction of sp³-hybridized carbons (Fsp3) is 0.286. The third kappa shape index (κ3) is 3.23. The van der Waals surface area contributed by atoms with E-state index in [0.29, 0.717) is 12.1 Å². The molecular weight excluding hydrogens is 392 g/mol. The van der Waals surface area contributed by atoms with Crippen molar-refractivity contribution in [1.82, 2.24) is 4.31 Å². The number of sulfonamides is 1. The molecule has 2 aromatic rings. The average molecular weight is 412 g/mol. The van der Waals surface area contributed by atoms with Crippen LogP contribution in [0.2, 0.25) is 0 Å². The van der Waals surface area contributed by atoms with Crippen LogP contribution in [-0.2, 0) is 21.4 Å². The lowest BCUT2D eigenvalue weighted by atomic mass is 9.97. The fourth-order valence-electron chi connectivity index (χ4n) is 4.30. The minimum atomic E-state index is -4.00. The van der Waals surface area contributed by atoms with Gasteiger partial charge in [0.1, 0.15) is 5.78 Å². The van der Waals surface area contributed by atoms with Crippen LogP contribution in [0.5, 0.6) is 0 Å². The van der Waals surface area contributed by atoms with Crippen LogP contribution in [0.1, 0.15) is 25.3 Å². The number of ketones is 1. The molecule has 0 aliphatic heterocycles. The Morgan fingerprint density at radius 2 is 1.66 bits per heavy atom. The van der Waals surface area contributed by atoms with E-state index in [1.54, 1.807) is 0 Å². The summed E-state index contributed by atoms with van der Waals surface area (Å²) in [4.78, 5) is 22.9. The lowest BCUT2D eigenvalue weighted by molar-refractivity contribution is -0.384. The smallest absolute Gasteiger partial charge is 0.269 e. The van der Waals surface area contributed by atoms with E-state index in [2.05, 4.69) is 0 Å². The van der Waals surface area contributed by atoms with Crippen molar-refractivity contribution in [3.8, 4) is 0 Å². The van der Waals surface area contributed by atoms with Crippen molar-refractivity contribution < 1.29 is 18.1 Å². The second kappa shape index (κ2) is 7.11. The van der Waals surface area contributed by atoms with Crippen molar-refractivity contribution in [1.29, 1.82) is 0 Å². The number of allylic oxidation sites excluding steroid dienone is 2. The zero-order chi connectivity index (χ0) is 20.8. The van der Waals surface area contributed by atoms with Crippen molar-refractivity contribution in [3.63, 3.8) is 0 Å². The van der Waals surface area contributed by atoms with E-state index in [0.717, 1.165) is 17.6 Å². The Morgan fingerprint density at radius 3 is 2.21 bits per heavy atom. The molecule has 2 bridgehead atoms. The molecule has 150 valence electrons. The number of hydrogen-bond donors (Lipinski definition) is 0. The summed E-state index contributed by atoms with van der Waals surface area (Å²) in [5, 5.41) is 10.9. The molecular formula is C21H20N2O5S. The Balaban J connectivity index is 1.80. The van der Waals surface area contributed by atoms with Gasteiger partial charge in [-0.25, -0.2) is 8.42 Å². The molecule has 2 aromatic carbocycles. The topological polar surface area (TPSA) is 97.6 Å². The summed E-state index contributed by atoms with van der Waals surface area (Å²) in [5.41, 5.74) is 2.00. The molecule has 2 aliphatic rings. The number of hydrogen-bond acceptors (Lipinski definition) is 5. The molecule has 1 fully saturated rings. The Kier molecular flexibility index (Phi) is 4.74. The number of non-ortho nitro benzene ring substituents is 1. The van der Waals surface area contributed by atoms with Crippen molar-refractivity contribution >= 4 is 21.5 Å². The van der Waals surface area contributed by atoms with Crippen LogP contribution in [-0.4, -0.2) is 23.4 Å². The van der Waals surface area contributed by atoms with Gasteiger partial charge in [0.15, 0.2) is 0 Å². The summed E-state index contributed by atoms with van der Waals surface area (Å²) in [6.07, 6.45) is 1.41. The van der Waals surface area contributed by atoms with Gasteiger partial charge in [-0.05, 0) is 43.0 Å². The second-order valence-electron chi connectivity index (χ2n) is 7.40. The van der Waals surface area contributed by atoms with Gasteiger partial charge in [-0.3, -0.25) is 19.2 Å². The summed E-state index contributed by atoms with van der Waals surface area (Å²) < 4.78 is 28.4. The van der Waals surface area contributed by atoms with E-state index >= 15 is 0 Å². The Labute approximate surface area is 168 Å². The molecule has 0 amide bonds. The number of benzene rings is 2. The standard InChI is InChI=1S/C21H20N2O5S/c1-14-18-11-12-19(21(18)24)20(14)22(13-15-5-3-2-4-6-15)29(27,28)17-9-7-16(8-10-17)23(25)26/h2-10,18-19H,11-13H2,1H3/t18-,19+/m1/s1. The molecule has 4 rings (SSSR count). The summed E-state index contributed by atoms with van der Waals surface area (Å²) in [6.45, 7) is 1.93. The van der Waals surface area contributed by atoms with Gasteiger partial charge in [0, 0.05) is 23.7 Å². The van der Waals surface area contributed by atoms with Crippen molar-refractivity contribution in [2.24, 2.45) is 11.8 Å². The molecule has 2 aliphatic carbocycles. The molecule has 0 heterocycles. The second-order valence-corrected chi connectivity index (χ2v) is 9.26. The molecule has 0 aromatic heterocycles. The first-order valence-electron chi connectivity index (χ1n) is 9.36. The zero-order valence-corrected chi connectivity index (χ0v) is 16.6. The van der Waals surface area contributed by atoms with Crippen LogP contribution in [0, 0.1) is 22.0 Å². The Hall–Kier alpha value is -3.00. The number of nitrogens with zero attached hydrogens (tertiary/aromatic N) is 2. The maximum Gasteiger partial charge on any atom is 0.269 e. The SMILES string of the molecule is CC1=C(N(Cc2ccccc2)S(=O)(=O)c2ccc([N+](=O)[O-])cc2)[C@@H]2CC[C@H]1C2=O. The van der Waals surface area contributed by atoms with E-state index < -0.39 is 20.9 Å². The highest BCUT2D eigenvalue weighted by Crippen LogP contribution is 2.48. The highest BCUT2D eigenvalue weighted by molar-refractivity contribution is 7.89. The number of Topliss-reactive ketones (excluding diaryl/α,β-unsaturated/α-hetero) is 1. The third-order valence-corrected chi connectivity index (χ3v) is 7.53. The quantitative estimate of drug-likeness (QED) is 0.533. The molecule has 1 saturated carbocycles. The molecule has 7 nitrogen and oxygen atoms in total. The van der Waals surface area contributed by atoms with Crippen molar-refractivity contribution in [3.05, 3.63) is 81.5 Å². The minimum absolute atomic E-state index is 0.0328. The monoisotopic (exact) mass is 412 g/mol. The molecule has 0 N–H and O–H groups in total. The predicted octanol–water partition coefficient (Wildman–Crippen LogP) is 3.67. The minimum Gasteiger partial charge on any atom is -0.298 e.